The highest BCUT2D eigenvalue weighted by molar-refractivity contribution is 6.08. The van der Waals surface area contributed by atoms with Crippen molar-refractivity contribution in [2.45, 2.75) is 6.92 Å². The number of hydrogen-bond donors (Lipinski definition) is 0. The molecule has 1 heteroatoms. The summed E-state index contributed by atoms with van der Waals surface area (Å²) in [4.78, 5) is 4.50. The maximum absolute atomic E-state index is 4.50. The Morgan fingerprint density at radius 1 is 0.714 bits per heavy atom. The molecule has 100 valence electrons. The predicted molar refractivity (Wildman–Crippen MR) is 89.4 cm³/mol. The van der Waals surface area contributed by atoms with E-state index in [1.807, 2.05) is 12.3 Å². The molecule has 4 rings (SSSR count). The summed E-state index contributed by atoms with van der Waals surface area (Å²) in [6.45, 7) is 2.10. The van der Waals surface area contributed by atoms with Gasteiger partial charge >= 0.3 is 0 Å². The van der Waals surface area contributed by atoms with Gasteiger partial charge in [-0.25, -0.2) is 0 Å². The molecule has 0 radical (unpaired) electrons. The lowest BCUT2D eigenvalue weighted by Gasteiger charge is -2.07. The fourth-order valence-corrected chi connectivity index (χ4v) is 2.86. The molecule has 0 saturated heterocycles. The number of benzene rings is 3. The van der Waals surface area contributed by atoms with Crippen molar-refractivity contribution in [3.05, 3.63) is 78.5 Å². The largest absolute Gasteiger partial charge is 0.256 e. The molecule has 21 heavy (non-hydrogen) atoms. The first-order chi connectivity index (χ1) is 10.3. The Labute approximate surface area is 123 Å². The van der Waals surface area contributed by atoms with E-state index in [1.165, 1.54) is 32.7 Å². The van der Waals surface area contributed by atoms with Crippen LogP contribution in [-0.4, -0.2) is 4.98 Å². The van der Waals surface area contributed by atoms with E-state index in [0.717, 1.165) is 5.69 Å². The summed E-state index contributed by atoms with van der Waals surface area (Å²) in [6, 6.07) is 23.6. The molecule has 0 fully saturated rings. The molecule has 0 bridgehead atoms. The lowest BCUT2D eigenvalue weighted by molar-refractivity contribution is 1.29. The van der Waals surface area contributed by atoms with Gasteiger partial charge in [0.15, 0.2) is 0 Å². The molecule has 0 aliphatic rings. The lowest BCUT2D eigenvalue weighted by Crippen LogP contribution is -1.85. The van der Waals surface area contributed by atoms with Crippen molar-refractivity contribution >= 4 is 21.5 Å². The quantitative estimate of drug-likeness (QED) is 0.424. The Kier molecular flexibility index (Phi) is 2.71. The average Bonchev–Trinajstić information content (AvgIpc) is 2.54. The minimum absolute atomic E-state index is 1.03. The first kappa shape index (κ1) is 12.1. The van der Waals surface area contributed by atoms with Gasteiger partial charge in [0, 0.05) is 11.8 Å². The zero-order valence-corrected chi connectivity index (χ0v) is 11.9. The Balaban J connectivity index is 2.02. The molecule has 0 saturated carbocycles. The van der Waals surface area contributed by atoms with Crippen molar-refractivity contribution in [3.63, 3.8) is 0 Å². The highest BCUT2D eigenvalue weighted by Gasteiger charge is 2.04. The van der Waals surface area contributed by atoms with Gasteiger partial charge in [-0.3, -0.25) is 4.98 Å². The van der Waals surface area contributed by atoms with Gasteiger partial charge in [-0.15, -0.1) is 0 Å². The summed E-state index contributed by atoms with van der Waals surface area (Å²) in [5, 5.41) is 5.13. The van der Waals surface area contributed by atoms with Crippen molar-refractivity contribution in [2.24, 2.45) is 0 Å². The molecule has 0 spiro atoms. The van der Waals surface area contributed by atoms with Crippen LogP contribution >= 0.6 is 0 Å². The van der Waals surface area contributed by atoms with Crippen LogP contribution < -0.4 is 0 Å². The number of hydrogen-bond acceptors (Lipinski definition) is 1. The van der Waals surface area contributed by atoms with Gasteiger partial charge in [0.25, 0.3) is 0 Å². The first-order valence-corrected chi connectivity index (χ1v) is 7.16. The van der Waals surface area contributed by atoms with Crippen molar-refractivity contribution in [2.75, 3.05) is 0 Å². The van der Waals surface area contributed by atoms with Gasteiger partial charge in [0.05, 0.1) is 5.69 Å². The molecule has 0 N–H and O–H groups in total. The van der Waals surface area contributed by atoms with E-state index < -0.39 is 0 Å². The maximum atomic E-state index is 4.50. The van der Waals surface area contributed by atoms with E-state index in [1.54, 1.807) is 0 Å². The summed E-state index contributed by atoms with van der Waals surface area (Å²) in [5.74, 6) is 0. The molecule has 0 aliphatic heterocycles. The molecule has 0 unspecified atom stereocenters. The number of aryl methyl sites for hydroxylation is 1. The van der Waals surface area contributed by atoms with Gasteiger partial charge < -0.3 is 0 Å². The number of pyridine rings is 1. The molecule has 1 heterocycles. The SMILES string of the molecule is Cc1ccnc(-c2ccc3ccc4ccccc4c3c2)c1. The highest BCUT2D eigenvalue weighted by atomic mass is 14.7. The second-order valence-electron chi connectivity index (χ2n) is 5.44. The first-order valence-electron chi connectivity index (χ1n) is 7.16. The zero-order chi connectivity index (χ0) is 14.2. The number of nitrogens with zero attached hydrogens (tertiary/aromatic N) is 1. The van der Waals surface area contributed by atoms with Crippen molar-refractivity contribution in [1.82, 2.24) is 4.98 Å². The minimum Gasteiger partial charge on any atom is -0.256 e. The minimum atomic E-state index is 1.03. The maximum Gasteiger partial charge on any atom is 0.0704 e. The van der Waals surface area contributed by atoms with Gasteiger partial charge in [0.2, 0.25) is 0 Å². The fourth-order valence-electron chi connectivity index (χ4n) is 2.86. The van der Waals surface area contributed by atoms with Crippen LogP contribution in [0.2, 0.25) is 0 Å². The second-order valence-corrected chi connectivity index (χ2v) is 5.44. The molecule has 3 aromatic carbocycles. The van der Waals surface area contributed by atoms with Crippen molar-refractivity contribution in [3.8, 4) is 11.3 Å². The van der Waals surface area contributed by atoms with Gasteiger partial charge in [-0.1, -0.05) is 48.5 Å². The Hall–Kier alpha value is -2.67. The van der Waals surface area contributed by atoms with E-state index in [4.69, 9.17) is 0 Å². The second kappa shape index (κ2) is 4.71. The fraction of sp³-hybridized carbons (Fsp3) is 0.0500. The molecular weight excluding hydrogens is 254 g/mol. The normalized spacial score (nSPS) is 11.1. The van der Waals surface area contributed by atoms with Gasteiger partial charge in [-0.2, -0.15) is 0 Å². The predicted octanol–water partition coefficient (Wildman–Crippen LogP) is 5.36. The molecule has 0 aliphatic carbocycles. The smallest absolute Gasteiger partial charge is 0.0704 e. The Morgan fingerprint density at radius 2 is 1.48 bits per heavy atom. The zero-order valence-electron chi connectivity index (χ0n) is 11.9. The lowest BCUT2D eigenvalue weighted by atomic mass is 9.98. The Morgan fingerprint density at radius 3 is 2.33 bits per heavy atom. The molecule has 1 nitrogen and oxygen atoms in total. The van der Waals surface area contributed by atoms with Gasteiger partial charge in [-0.05, 0) is 52.2 Å². The molecule has 4 aromatic rings. The molecule has 1 aromatic heterocycles. The van der Waals surface area contributed by atoms with Crippen molar-refractivity contribution in [1.29, 1.82) is 0 Å². The molecule has 0 atom stereocenters. The van der Waals surface area contributed by atoms with E-state index in [9.17, 15) is 0 Å². The van der Waals surface area contributed by atoms with Crippen LogP contribution in [0.1, 0.15) is 5.56 Å². The van der Waals surface area contributed by atoms with Gasteiger partial charge in [0.1, 0.15) is 0 Å². The summed E-state index contributed by atoms with van der Waals surface area (Å²) in [5.41, 5.74) is 3.44. The summed E-state index contributed by atoms with van der Waals surface area (Å²) in [7, 11) is 0. The Bertz CT molecular complexity index is 954. The third-order valence-electron chi connectivity index (χ3n) is 3.96. The van der Waals surface area contributed by atoms with Crippen LogP contribution in [0, 0.1) is 6.92 Å². The van der Waals surface area contributed by atoms with Crippen LogP contribution in [-0.2, 0) is 0 Å². The van der Waals surface area contributed by atoms with Crippen LogP contribution in [0.3, 0.4) is 0 Å². The topological polar surface area (TPSA) is 12.9 Å². The third-order valence-corrected chi connectivity index (χ3v) is 3.96. The standard InChI is InChI=1S/C20H15N/c1-14-10-11-21-20(12-14)17-9-8-16-7-6-15-4-2-3-5-18(15)19(16)13-17/h2-13H,1H3. The number of aromatic nitrogens is 1. The van der Waals surface area contributed by atoms with Crippen LogP contribution in [0.25, 0.3) is 32.8 Å². The summed E-state index contributed by atoms with van der Waals surface area (Å²) < 4.78 is 0. The van der Waals surface area contributed by atoms with E-state index in [2.05, 4.69) is 72.6 Å². The van der Waals surface area contributed by atoms with Crippen LogP contribution in [0.4, 0.5) is 0 Å². The molecular formula is C20H15N. The van der Waals surface area contributed by atoms with E-state index in [0.29, 0.717) is 0 Å². The van der Waals surface area contributed by atoms with E-state index >= 15 is 0 Å². The van der Waals surface area contributed by atoms with E-state index in [-0.39, 0.29) is 0 Å². The van der Waals surface area contributed by atoms with Crippen molar-refractivity contribution < 1.29 is 0 Å². The summed E-state index contributed by atoms with van der Waals surface area (Å²) >= 11 is 0. The molecule has 0 amide bonds. The average molecular weight is 269 g/mol. The monoisotopic (exact) mass is 269 g/mol. The number of rotatable bonds is 1. The van der Waals surface area contributed by atoms with Crippen LogP contribution in [0.5, 0.6) is 0 Å². The number of fused-ring (bicyclic) bond motifs is 3. The highest BCUT2D eigenvalue weighted by Crippen LogP contribution is 2.29. The summed E-state index contributed by atoms with van der Waals surface area (Å²) in [6.07, 6.45) is 1.87. The third kappa shape index (κ3) is 2.07. The van der Waals surface area contributed by atoms with Crippen LogP contribution in [0.15, 0.2) is 72.9 Å².